The summed E-state index contributed by atoms with van der Waals surface area (Å²) >= 11 is 2.17. The SMILES string of the molecule is C=C(I)[C@H](C)C[C@@H](CC[C@@H]1O[C@@H](CCC(OC)OC)CC1=C)OS(C)(=O)=O. The van der Waals surface area contributed by atoms with Gasteiger partial charge in [0, 0.05) is 20.6 Å². The molecule has 0 saturated carbocycles. The molecule has 0 aromatic rings. The molecule has 0 bridgehead atoms. The normalized spacial score (nSPS) is 23.0. The molecule has 1 fully saturated rings. The van der Waals surface area contributed by atoms with Crippen LogP contribution in [0, 0.1) is 5.92 Å². The number of ether oxygens (including phenoxy) is 3. The molecule has 158 valence electrons. The molecule has 4 atom stereocenters. The van der Waals surface area contributed by atoms with E-state index in [9.17, 15) is 8.42 Å². The molecule has 1 rings (SSSR count). The first-order chi connectivity index (χ1) is 12.6. The minimum Gasteiger partial charge on any atom is -0.370 e. The van der Waals surface area contributed by atoms with Crippen LogP contribution in [0.5, 0.6) is 0 Å². The lowest BCUT2D eigenvalue weighted by atomic mass is 9.97. The molecule has 0 amide bonds. The molecule has 8 heteroatoms. The summed E-state index contributed by atoms with van der Waals surface area (Å²) in [5.74, 6) is 0.179. The summed E-state index contributed by atoms with van der Waals surface area (Å²) in [6, 6.07) is 0. The Morgan fingerprint density at radius 3 is 2.44 bits per heavy atom. The fourth-order valence-electron chi connectivity index (χ4n) is 3.21. The number of allylic oxidation sites excluding steroid dienone is 1. The van der Waals surface area contributed by atoms with E-state index < -0.39 is 10.1 Å². The first-order valence-electron chi connectivity index (χ1n) is 9.17. The van der Waals surface area contributed by atoms with Crippen LogP contribution in [0.3, 0.4) is 0 Å². The van der Waals surface area contributed by atoms with Crippen molar-refractivity contribution in [3.05, 3.63) is 22.3 Å². The molecule has 1 aliphatic rings. The highest BCUT2D eigenvalue weighted by molar-refractivity contribution is 14.1. The zero-order chi connectivity index (χ0) is 20.6. The van der Waals surface area contributed by atoms with Gasteiger partial charge in [0.2, 0.25) is 0 Å². The lowest BCUT2D eigenvalue weighted by Crippen LogP contribution is -2.23. The molecule has 0 aliphatic carbocycles. The molecular weight excluding hydrogens is 483 g/mol. The number of hydrogen-bond acceptors (Lipinski definition) is 6. The Bertz CT molecular complexity index is 587. The van der Waals surface area contributed by atoms with Crippen molar-refractivity contribution in [2.45, 2.75) is 70.1 Å². The fourth-order valence-corrected chi connectivity index (χ4v) is 4.13. The van der Waals surface area contributed by atoms with Gasteiger partial charge in [0.15, 0.2) is 6.29 Å². The zero-order valence-electron chi connectivity index (χ0n) is 16.8. The highest BCUT2D eigenvalue weighted by Crippen LogP contribution is 2.32. The molecule has 1 heterocycles. The average molecular weight is 516 g/mol. The molecular formula is C19H33IO6S. The average Bonchev–Trinajstić information content (AvgIpc) is 2.92. The maximum absolute atomic E-state index is 11.6. The Morgan fingerprint density at radius 2 is 1.93 bits per heavy atom. The zero-order valence-corrected chi connectivity index (χ0v) is 19.8. The van der Waals surface area contributed by atoms with Gasteiger partial charge in [-0.1, -0.05) is 20.1 Å². The second-order valence-electron chi connectivity index (χ2n) is 7.17. The van der Waals surface area contributed by atoms with Crippen LogP contribution in [0.25, 0.3) is 0 Å². The molecule has 0 aromatic carbocycles. The van der Waals surface area contributed by atoms with Gasteiger partial charge in [-0.3, -0.25) is 4.18 Å². The molecule has 0 unspecified atom stereocenters. The van der Waals surface area contributed by atoms with Crippen molar-refractivity contribution >= 4 is 32.7 Å². The summed E-state index contributed by atoms with van der Waals surface area (Å²) in [5, 5.41) is 0. The highest BCUT2D eigenvalue weighted by atomic mass is 127. The van der Waals surface area contributed by atoms with Gasteiger partial charge in [-0.15, -0.1) is 0 Å². The van der Waals surface area contributed by atoms with E-state index in [4.69, 9.17) is 18.4 Å². The van der Waals surface area contributed by atoms with E-state index in [-0.39, 0.29) is 30.5 Å². The molecule has 0 spiro atoms. The first kappa shape index (κ1) is 25.0. The summed E-state index contributed by atoms with van der Waals surface area (Å²) in [6.07, 6.45) is 4.80. The summed E-state index contributed by atoms with van der Waals surface area (Å²) in [4.78, 5) is 0. The smallest absolute Gasteiger partial charge is 0.264 e. The molecule has 6 nitrogen and oxygen atoms in total. The van der Waals surface area contributed by atoms with E-state index >= 15 is 0 Å². The van der Waals surface area contributed by atoms with Crippen molar-refractivity contribution in [3.8, 4) is 0 Å². The molecule has 0 aromatic heterocycles. The standard InChI is InChI=1S/C19H33IO6S/c1-13(15(3)20)11-17(26-27(6,21)22)7-9-18-14(2)12-16(25-18)8-10-19(23-4)24-5/h13,16-19H,2-3,7-12H2,1,4-6H3/t13-,16+,17-,18+/m1/s1. The highest BCUT2D eigenvalue weighted by Gasteiger charge is 2.30. The van der Waals surface area contributed by atoms with Crippen molar-refractivity contribution in [2.24, 2.45) is 5.92 Å². The largest absolute Gasteiger partial charge is 0.370 e. The predicted octanol–water partition coefficient (Wildman–Crippen LogP) is 4.20. The van der Waals surface area contributed by atoms with Crippen molar-refractivity contribution in [3.63, 3.8) is 0 Å². The molecule has 1 saturated heterocycles. The monoisotopic (exact) mass is 516 g/mol. The third kappa shape index (κ3) is 9.85. The lowest BCUT2D eigenvalue weighted by Gasteiger charge is -2.22. The van der Waals surface area contributed by atoms with Gasteiger partial charge < -0.3 is 14.2 Å². The van der Waals surface area contributed by atoms with Crippen LogP contribution in [0.15, 0.2) is 22.3 Å². The van der Waals surface area contributed by atoms with Gasteiger partial charge in [-0.2, -0.15) is 8.42 Å². The van der Waals surface area contributed by atoms with Crippen LogP contribution in [-0.2, 0) is 28.5 Å². The van der Waals surface area contributed by atoms with Crippen molar-refractivity contribution < 1.29 is 26.8 Å². The molecule has 0 radical (unpaired) electrons. The van der Waals surface area contributed by atoms with Gasteiger partial charge in [0.1, 0.15) is 0 Å². The van der Waals surface area contributed by atoms with Crippen LogP contribution in [0.2, 0.25) is 0 Å². The van der Waals surface area contributed by atoms with Crippen molar-refractivity contribution in [2.75, 3.05) is 20.5 Å². The van der Waals surface area contributed by atoms with E-state index in [1.165, 1.54) is 0 Å². The Balaban J connectivity index is 2.56. The maximum Gasteiger partial charge on any atom is 0.264 e. The van der Waals surface area contributed by atoms with Gasteiger partial charge in [0.25, 0.3) is 10.1 Å². The number of halogens is 1. The van der Waals surface area contributed by atoms with Gasteiger partial charge in [0.05, 0.1) is 24.6 Å². The fraction of sp³-hybridized carbons (Fsp3) is 0.789. The Kier molecular flexibility index (Phi) is 11.0. The Hall–Kier alpha value is 0. The molecule has 0 N–H and O–H groups in total. The molecule has 1 aliphatic heterocycles. The van der Waals surface area contributed by atoms with Gasteiger partial charge in [-0.25, -0.2) is 0 Å². The summed E-state index contributed by atoms with van der Waals surface area (Å²) in [7, 11) is -0.264. The third-order valence-electron chi connectivity index (χ3n) is 4.76. The summed E-state index contributed by atoms with van der Waals surface area (Å²) in [6.45, 7) is 10.1. The Morgan fingerprint density at radius 1 is 1.30 bits per heavy atom. The number of rotatable bonds is 13. The molecule has 27 heavy (non-hydrogen) atoms. The van der Waals surface area contributed by atoms with E-state index in [0.29, 0.717) is 19.3 Å². The van der Waals surface area contributed by atoms with Crippen LogP contribution in [0.1, 0.15) is 45.4 Å². The lowest BCUT2D eigenvalue weighted by molar-refractivity contribution is -0.112. The minimum atomic E-state index is -3.51. The van der Waals surface area contributed by atoms with Gasteiger partial charge >= 0.3 is 0 Å². The second kappa shape index (κ2) is 11.9. The van der Waals surface area contributed by atoms with Crippen LogP contribution in [0.4, 0.5) is 0 Å². The van der Waals surface area contributed by atoms with Crippen LogP contribution < -0.4 is 0 Å². The van der Waals surface area contributed by atoms with Crippen LogP contribution in [-0.4, -0.2) is 53.5 Å². The second-order valence-corrected chi connectivity index (χ2v) is 10.2. The predicted molar refractivity (Wildman–Crippen MR) is 115 cm³/mol. The first-order valence-corrected chi connectivity index (χ1v) is 12.1. The summed E-state index contributed by atoms with van der Waals surface area (Å²) < 4.78 is 46.0. The van der Waals surface area contributed by atoms with Crippen molar-refractivity contribution in [1.82, 2.24) is 0 Å². The topological polar surface area (TPSA) is 71.1 Å². The van der Waals surface area contributed by atoms with E-state index in [1.807, 2.05) is 6.92 Å². The number of methoxy groups -OCH3 is 2. The number of hydrogen-bond donors (Lipinski definition) is 0. The summed E-state index contributed by atoms with van der Waals surface area (Å²) in [5.41, 5.74) is 1.05. The van der Waals surface area contributed by atoms with Crippen molar-refractivity contribution in [1.29, 1.82) is 0 Å². The van der Waals surface area contributed by atoms with E-state index in [0.717, 1.165) is 34.7 Å². The third-order valence-corrected chi connectivity index (χ3v) is 6.45. The Labute approximate surface area is 177 Å². The van der Waals surface area contributed by atoms with E-state index in [1.54, 1.807) is 14.2 Å². The van der Waals surface area contributed by atoms with Gasteiger partial charge in [-0.05, 0) is 69.8 Å². The quantitative estimate of drug-likeness (QED) is 0.158. The maximum atomic E-state index is 11.6. The van der Waals surface area contributed by atoms with E-state index in [2.05, 4.69) is 35.7 Å². The minimum absolute atomic E-state index is 0.0673. The van der Waals surface area contributed by atoms with Crippen LogP contribution >= 0.6 is 22.6 Å².